The van der Waals surface area contributed by atoms with Gasteiger partial charge in [0.2, 0.25) is 0 Å². The highest BCUT2D eigenvalue weighted by Gasteiger charge is 2.31. The Labute approximate surface area is 181 Å². The molecule has 0 spiro atoms. The molecule has 1 aliphatic heterocycles. The molecule has 1 aliphatic rings. The first-order valence-corrected chi connectivity index (χ1v) is 10.3. The second-order valence-electron chi connectivity index (χ2n) is 8.13. The van der Waals surface area contributed by atoms with Crippen molar-refractivity contribution in [3.05, 3.63) is 65.2 Å². The molecule has 0 aromatic heterocycles. The first-order chi connectivity index (χ1) is 14.6. The molecule has 1 saturated heterocycles. The molecule has 1 fully saturated rings. The van der Waals surface area contributed by atoms with E-state index in [0.717, 1.165) is 49.6 Å². The smallest absolute Gasteiger partial charge is 0.378 e. The largest absolute Gasteiger partial charge is 0.416 e. The van der Waals surface area contributed by atoms with Crippen molar-refractivity contribution in [1.29, 1.82) is 0 Å². The Hall–Kier alpha value is -2.58. The van der Waals surface area contributed by atoms with E-state index in [1.807, 2.05) is 31.1 Å². The summed E-state index contributed by atoms with van der Waals surface area (Å²) in [4.78, 5) is 19.2. The van der Waals surface area contributed by atoms with E-state index in [9.17, 15) is 18.0 Å². The highest BCUT2D eigenvalue weighted by molar-refractivity contribution is 5.94. The molecule has 1 atom stereocenters. The number of carbonyl (C=O) groups is 1. The summed E-state index contributed by atoms with van der Waals surface area (Å²) in [6, 6.07) is 12.6. The van der Waals surface area contributed by atoms with Crippen molar-refractivity contribution in [3.63, 3.8) is 0 Å². The van der Waals surface area contributed by atoms with E-state index in [-0.39, 0.29) is 11.6 Å². The van der Waals surface area contributed by atoms with Crippen LogP contribution in [0.1, 0.15) is 27.5 Å². The zero-order valence-corrected chi connectivity index (χ0v) is 18.1. The quantitative estimate of drug-likeness (QED) is 0.756. The topological polar surface area (TPSA) is 38.8 Å². The summed E-state index contributed by atoms with van der Waals surface area (Å²) in [5, 5.41) is 2.85. The Kier molecular flexibility index (Phi) is 7.23. The summed E-state index contributed by atoms with van der Waals surface area (Å²) in [5.41, 5.74) is 1.33. The number of anilines is 1. The lowest BCUT2D eigenvalue weighted by atomic mass is 10.0. The highest BCUT2D eigenvalue weighted by Crippen LogP contribution is 2.29. The number of likely N-dealkylation sites (N-methyl/N-ethyl adjacent to an activating group) is 1. The van der Waals surface area contributed by atoms with E-state index < -0.39 is 17.6 Å². The normalized spacial score (nSPS) is 16.7. The van der Waals surface area contributed by atoms with Gasteiger partial charge in [-0.15, -0.1) is 0 Å². The fraction of sp³-hybridized carbons (Fsp3) is 0.435. The van der Waals surface area contributed by atoms with E-state index >= 15 is 0 Å². The lowest BCUT2D eigenvalue weighted by molar-refractivity contribution is -0.137. The minimum absolute atomic E-state index is 0.00917. The molecule has 3 rings (SSSR count). The Morgan fingerprint density at radius 1 is 1.06 bits per heavy atom. The lowest BCUT2D eigenvalue weighted by Crippen LogP contribution is -2.48. The average molecular weight is 435 g/mol. The van der Waals surface area contributed by atoms with Gasteiger partial charge in [-0.2, -0.15) is 13.2 Å². The standard InChI is InChI=1S/C23H29F3N4O/c1-28(2)20-9-7-17(8-10-20)21(30-13-11-29(3)12-14-30)16-27-22(31)18-5-4-6-19(15-18)23(24,25)26/h4-10,15,21H,11-14,16H2,1-3H3,(H,27,31)/t21-/m1/s1. The van der Waals surface area contributed by atoms with Crippen molar-refractivity contribution in [2.45, 2.75) is 12.2 Å². The fourth-order valence-electron chi connectivity index (χ4n) is 3.71. The third kappa shape index (κ3) is 5.98. The van der Waals surface area contributed by atoms with Crippen LogP contribution in [0, 0.1) is 0 Å². The molecule has 0 aliphatic carbocycles. The molecule has 0 unspecified atom stereocenters. The number of hydrogen-bond donors (Lipinski definition) is 1. The van der Waals surface area contributed by atoms with Crippen LogP contribution in [0.2, 0.25) is 0 Å². The Bertz CT molecular complexity index is 875. The van der Waals surface area contributed by atoms with Gasteiger partial charge in [0.15, 0.2) is 0 Å². The molecule has 168 valence electrons. The number of hydrogen-bond acceptors (Lipinski definition) is 4. The zero-order chi connectivity index (χ0) is 22.6. The Balaban J connectivity index is 1.76. The number of nitrogens with zero attached hydrogens (tertiary/aromatic N) is 3. The predicted molar refractivity (Wildman–Crippen MR) is 116 cm³/mol. The van der Waals surface area contributed by atoms with E-state index in [1.54, 1.807) is 0 Å². The third-order valence-electron chi connectivity index (χ3n) is 5.68. The molecule has 0 bridgehead atoms. The van der Waals surface area contributed by atoms with Crippen LogP contribution in [0.25, 0.3) is 0 Å². The van der Waals surface area contributed by atoms with Crippen molar-refractivity contribution in [2.75, 3.05) is 58.8 Å². The summed E-state index contributed by atoms with van der Waals surface area (Å²) in [6.07, 6.45) is -4.48. The minimum Gasteiger partial charge on any atom is -0.378 e. The maximum atomic E-state index is 13.0. The van der Waals surface area contributed by atoms with Gasteiger partial charge < -0.3 is 15.1 Å². The number of amides is 1. The van der Waals surface area contributed by atoms with Gasteiger partial charge in [0.05, 0.1) is 11.6 Å². The summed E-state index contributed by atoms with van der Waals surface area (Å²) in [5.74, 6) is -0.505. The first kappa shape index (κ1) is 23.1. The van der Waals surface area contributed by atoms with E-state index in [4.69, 9.17) is 0 Å². The van der Waals surface area contributed by atoms with Gasteiger partial charge in [0.1, 0.15) is 0 Å². The second kappa shape index (κ2) is 9.70. The van der Waals surface area contributed by atoms with Crippen molar-refractivity contribution < 1.29 is 18.0 Å². The number of benzene rings is 2. The number of nitrogens with one attached hydrogen (secondary N) is 1. The average Bonchev–Trinajstić information content (AvgIpc) is 2.74. The second-order valence-corrected chi connectivity index (χ2v) is 8.13. The van der Waals surface area contributed by atoms with Gasteiger partial charge in [0, 0.05) is 58.1 Å². The van der Waals surface area contributed by atoms with Crippen molar-refractivity contribution >= 4 is 11.6 Å². The molecule has 31 heavy (non-hydrogen) atoms. The molecule has 0 saturated carbocycles. The number of carbonyl (C=O) groups excluding carboxylic acids is 1. The maximum absolute atomic E-state index is 13.0. The number of rotatable bonds is 6. The molecule has 5 nitrogen and oxygen atoms in total. The minimum atomic E-state index is -4.48. The highest BCUT2D eigenvalue weighted by atomic mass is 19.4. The van der Waals surface area contributed by atoms with Crippen LogP contribution in [-0.4, -0.2) is 69.6 Å². The van der Waals surface area contributed by atoms with E-state index in [1.165, 1.54) is 12.1 Å². The van der Waals surface area contributed by atoms with Crippen LogP contribution >= 0.6 is 0 Å². The SMILES string of the molecule is CN1CCN([C@H](CNC(=O)c2cccc(C(F)(F)F)c2)c2ccc(N(C)C)cc2)CC1. The molecule has 1 N–H and O–H groups in total. The van der Waals surface area contributed by atoms with Crippen LogP contribution in [-0.2, 0) is 6.18 Å². The van der Waals surface area contributed by atoms with Crippen LogP contribution in [0.3, 0.4) is 0 Å². The van der Waals surface area contributed by atoms with Crippen LogP contribution in [0.4, 0.5) is 18.9 Å². The number of alkyl halides is 3. The first-order valence-electron chi connectivity index (χ1n) is 10.3. The fourth-order valence-corrected chi connectivity index (χ4v) is 3.71. The molecule has 1 amide bonds. The molecular formula is C23H29F3N4O. The van der Waals surface area contributed by atoms with Gasteiger partial charge in [0.25, 0.3) is 5.91 Å². The molecular weight excluding hydrogens is 405 g/mol. The van der Waals surface area contributed by atoms with Crippen molar-refractivity contribution in [3.8, 4) is 0 Å². The third-order valence-corrected chi connectivity index (χ3v) is 5.68. The summed E-state index contributed by atoms with van der Waals surface area (Å²) in [7, 11) is 6.03. The van der Waals surface area contributed by atoms with Gasteiger partial charge in [-0.3, -0.25) is 9.69 Å². The lowest BCUT2D eigenvalue weighted by Gasteiger charge is -2.38. The molecule has 8 heteroatoms. The Morgan fingerprint density at radius 2 is 1.71 bits per heavy atom. The van der Waals surface area contributed by atoms with E-state index in [0.29, 0.717) is 6.54 Å². The van der Waals surface area contributed by atoms with Crippen molar-refractivity contribution in [2.24, 2.45) is 0 Å². The van der Waals surface area contributed by atoms with Gasteiger partial charge in [-0.05, 0) is 42.9 Å². The molecule has 2 aromatic carbocycles. The van der Waals surface area contributed by atoms with Crippen LogP contribution < -0.4 is 10.2 Å². The van der Waals surface area contributed by atoms with Crippen LogP contribution in [0.15, 0.2) is 48.5 Å². The van der Waals surface area contributed by atoms with Crippen molar-refractivity contribution in [1.82, 2.24) is 15.1 Å². The van der Waals surface area contributed by atoms with Crippen LogP contribution in [0.5, 0.6) is 0 Å². The number of piperazine rings is 1. The summed E-state index contributed by atoms with van der Waals surface area (Å²) in [6.45, 7) is 3.88. The predicted octanol–water partition coefficient (Wildman–Crippen LogP) is 3.49. The molecule has 2 aromatic rings. The van der Waals surface area contributed by atoms with Gasteiger partial charge in [-0.1, -0.05) is 18.2 Å². The van der Waals surface area contributed by atoms with Gasteiger partial charge in [-0.25, -0.2) is 0 Å². The zero-order valence-electron chi connectivity index (χ0n) is 18.1. The molecule has 0 radical (unpaired) electrons. The Morgan fingerprint density at radius 3 is 2.29 bits per heavy atom. The maximum Gasteiger partial charge on any atom is 0.416 e. The molecule has 1 heterocycles. The summed E-state index contributed by atoms with van der Waals surface area (Å²) < 4.78 is 39.0. The van der Waals surface area contributed by atoms with Gasteiger partial charge >= 0.3 is 6.18 Å². The van der Waals surface area contributed by atoms with E-state index in [2.05, 4.69) is 34.3 Å². The summed E-state index contributed by atoms with van der Waals surface area (Å²) >= 11 is 0. The monoisotopic (exact) mass is 434 g/mol. The number of halogens is 3.